The smallest absolute Gasteiger partial charge is 0.323 e. The van der Waals surface area contributed by atoms with Crippen LogP contribution in [-0.2, 0) is 4.79 Å². The van der Waals surface area contributed by atoms with Crippen molar-refractivity contribution in [1.82, 2.24) is 9.97 Å². The highest BCUT2D eigenvalue weighted by atomic mass is 16.4. The highest BCUT2D eigenvalue weighted by Crippen LogP contribution is 2.19. The Labute approximate surface area is 103 Å². The van der Waals surface area contributed by atoms with Gasteiger partial charge in [0.05, 0.1) is 11.0 Å². The van der Waals surface area contributed by atoms with Crippen LogP contribution in [-0.4, -0.2) is 21.0 Å². The van der Waals surface area contributed by atoms with Crippen molar-refractivity contribution in [3.05, 3.63) is 34.2 Å². The average Bonchev–Trinajstić information content (AvgIpc) is 2.67. The minimum absolute atomic E-state index is 0.122. The van der Waals surface area contributed by atoms with E-state index < -0.39 is 5.97 Å². The van der Waals surface area contributed by atoms with Gasteiger partial charge in [0, 0.05) is 12.5 Å². The van der Waals surface area contributed by atoms with E-state index in [0.717, 1.165) is 11.1 Å². The molecule has 0 aliphatic heterocycles. The summed E-state index contributed by atoms with van der Waals surface area (Å²) >= 11 is 0. The van der Waals surface area contributed by atoms with Gasteiger partial charge in [0.25, 0.3) is 0 Å². The molecule has 2 aromatic rings. The van der Waals surface area contributed by atoms with Crippen LogP contribution >= 0.6 is 0 Å². The Hall–Kier alpha value is -2.08. The summed E-state index contributed by atoms with van der Waals surface area (Å²) in [6.07, 6.45) is 1.27. The predicted octanol–water partition coefficient (Wildman–Crippen LogP) is 1.11. The van der Waals surface area contributed by atoms with Gasteiger partial charge in [-0.3, -0.25) is 4.79 Å². The molecular weight excluding hydrogens is 234 g/mol. The topological polar surface area (TPSA) is 112 Å². The van der Waals surface area contributed by atoms with Crippen molar-refractivity contribution in [3.8, 4) is 0 Å². The third-order valence-electron chi connectivity index (χ3n) is 2.87. The number of hydrogen-bond acceptors (Lipinski definition) is 3. The van der Waals surface area contributed by atoms with Crippen molar-refractivity contribution in [2.45, 2.75) is 25.3 Å². The lowest BCUT2D eigenvalue weighted by atomic mass is 10.0. The third kappa shape index (κ3) is 2.78. The number of aliphatic carboxylic acids is 1. The molecule has 1 aromatic carbocycles. The molecule has 1 unspecified atom stereocenters. The fourth-order valence-electron chi connectivity index (χ4n) is 1.92. The summed E-state index contributed by atoms with van der Waals surface area (Å²) in [5, 5.41) is 8.56. The van der Waals surface area contributed by atoms with E-state index in [1.54, 1.807) is 6.07 Å². The molecule has 0 radical (unpaired) electrons. The number of rotatable bonds is 5. The van der Waals surface area contributed by atoms with E-state index in [9.17, 15) is 9.59 Å². The molecule has 0 bridgehead atoms. The maximum atomic E-state index is 11.1. The minimum Gasteiger partial charge on any atom is -0.481 e. The van der Waals surface area contributed by atoms with Crippen LogP contribution in [0.1, 0.15) is 30.9 Å². The van der Waals surface area contributed by atoms with Gasteiger partial charge in [0.1, 0.15) is 0 Å². The normalized spacial score (nSPS) is 12.7. The summed E-state index contributed by atoms with van der Waals surface area (Å²) in [6.45, 7) is 0. The maximum absolute atomic E-state index is 11.1. The lowest BCUT2D eigenvalue weighted by molar-refractivity contribution is -0.137. The number of nitrogens with one attached hydrogen (secondary N) is 2. The molecule has 0 amide bonds. The molecule has 0 aliphatic rings. The molecular formula is C12H15N3O3. The van der Waals surface area contributed by atoms with Crippen LogP contribution in [0.4, 0.5) is 0 Å². The van der Waals surface area contributed by atoms with E-state index in [-0.39, 0.29) is 18.2 Å². The highest BCUT2D eigenvalue weighted by molar-refractivity contribution is 5.75. The molecule has 0 aliphatic carbocycles. The third-order valence-corrected chi connectivity index (χ3v) is 2.87. The van der Waals surface area contributed by atoms with Crippen LogP contribution in [0, 0.1) is 0 Å². The Bertz CT molecular complexity index is 614. The molecule has 6 heteroatoms. The van der Waals surface area contributed by atoms with E-state index in [2.05, 4.69) is 9.97 Å². The van der Waals surface area contributed by atoms with Gasteiger partial charge in [0.2, 0.25) is 0 Å². The summed E-state index contributed by atoms with van der Waals surface area (Å²) in [4.78, 5) is 26.8. The van der Waals surface area contributed by atoms with Crippen molar-refractivity contribution >= 4 is 17.0 Å². The van der Waals surface area contributed by atoms with Gasteiger partial charge in [-0.1, -0.05) is 6.07 Å². The Balaban J connectivity index is 2.09. The molecule has 1 aromatic heterocycles. The number of carbonyl (C=O) groups is 1. The maximum Gasteiger partial charge on any atom is 0.323 e. The summed E-state index contributed by atoms with van der Waals surface area (Å²) in [5.74, 6) is -0.812. The summed E-state index contributed by atoms with van der Waals surface area (Å²) < 4.78 is 0. The number of benzene rings is 1. The molecule has 5 N–H and O–H groups in total. The van der Waals surface area contributed by atoms with E-state index in [1.165, 1.54) is 0 Å². The molecule has 0 spiro atoms. The van der Waals surface area contributed by atoms with Gasteiger partial charge >= 0.3 is 11.7 Å². The van der Waals surface area contributed by atoms with Crippen LogP contribution in [0.25, 0.3) is 11.0 Å². The van der Waals surface area contributed by atoms with Crippen molar-refractivity contribution in [3.63, 3.8) is 0 Å². The summed E-state index contributed by atoms with van der Waals surface area (Å²) in [5.41, 5.74) is 8.08. The Morgan fingerprint density at radius 3 is 2.78 bits per heavy atom. The predicted molar refractivity (Wildman–Crippen MR) is 67.3 cm³/mol. The Kier molecular flexibility index (Phi) is 3.47. The molecule has 0 saturated heterocycles. The van der Waals surface area contributed by atoms with Crippen LogP contribution in [0.3, 0.4) is 0 Å². The number of nitrogens with two attached hydrogens (primary N) is 1. The standard InChI is InChI=1S/C12H15N3O3/c13-8(2-1-3-11(16)17)7-4-5-9-10(6-7)15-12(18)14-9/h4-6,8H,1-3,13H2,(H,16,17)(H2,14,15,18). The Morgan fingerprint density at radius 1 is 1.33 bits per heavy atom. The minimum atomic E-state index is -0.812. The fraction of sp³-hybridized carbons (Fsp3) is 0.333. The zero-order chi connectivity index (χ0) is 13.1. The number of hydrogen-bond donors (Lipinski definition) is 4. The molecule has 1 heterocycles. The molecule has 0 saturated carbocycles. The number of fused-ring (bicyclic) bond motifs is 1. The monoisotopic (exact) mass is 249 g/mol. The van der Waals surface area contributed by atoms with Crippen molar-refractivity contribution in [2.24, 2.45) is 5.73 Å². The molecule has 96 valence electrons. The van der Waals surface area contributed by atoms with E-state index in [1.807, 2.05) is 12.1 Å². The lowest BCUT2D eigenvalue weighted by Gasteiger charge is -2.11. The van der Waals surface area contributed by atoms with Crippen molar-refractivity contribution in [1.29, 1.82) is 0 Å². The lowest BCUT2D eigenvalue weighted by Crippen LogP contribution is -2.10. The van der Waals surface area contributed by atoms with E-state index in [4.69, 9.17) is 10.8 Å². The van der Waals surface area contributed by atoms with E-state index in [0.29, 0.717) is 18.4 Å². The number of H-pyrrole nitrogens is 2. The number of aromatic amines is 2. The highest BCUT2D eigenvalue weighted by Gasteiger charge is 2.08. The van der Waals surface area contributed by atoms with Crippen LogP contribution in [0.5, 0.6) is 0 Å². The molecule has 1 atom stereocenters. The number of carboxylic acid groups (broad SMARTS) is 1. The van der Waals surface area contributed by atoms with Crippen LogP contribution in [0.2, 0.25) is 0 Å². The number of aromatic nitrogens is 2. The van der Waals surface area contributed by atoms with Crippen molar-refractivity contribution in [2.75, 3.05) is 0 Å². The second-order valence-corrected chi connectivity index (χ2v) is 4.28. The zero-order valence-corrected chi connectivity index (χ0v) is 9.77. The summed E-state index contributed by atoms with van der Waals surface area (Å²) in [7, 11) is 0. The second kappa shape index (κ2) is 5.05. The van der Waals surface area contributed by atoms with Gasteiger partial charge < -0.3 is 20.8 Å². The van der Waals surface area contributed by atoms with Gasteiger partial charge in [-0.15, -0.1) is 0 Å². The van der Waals surface area contributed by atoms with Crippen molar-refractivity contribution < 1.29 is 9.90 Å². The van der Waals surface area contributed by atoms with Gasteiger partial charge in [0.15, 0.2) is 0 Å². The largest absolute Gasteiger partial charge is 0.481 e. The van der Waals surface area contributed by atoms with Crippen LogP contribution < -0.4 is 11.4 Å². The zero-order valence-electron chi connectivity index (χ0n) is 9.77. The first kappa shape index (κ1) is 12.4. The second-order valence-electron chi connectivity index (χ2n) is 4.28. The van der Waals surface area contributed by atoms with Gasteiger partial charge in [-0.05, 0) is 30.5 Å². The Morgan fingerprint density at radius 2 is 2.06 bits per heavy atom. The molecule has 6 nitrogen and oxygen atoms in total. The quantitative estimate of drug-likeness (QED) is 0.635. The first-order chi connectivity index (χ1) is 8.56. The molecule has 0 fully saturated rings. The number of carboxylic acids is 1. The fourth-order valence-corrected chi connectivity index (χ4v) is 1.92. The first-order valence-corrected chi connectivity index (χ1v) is 5.75. The van der Waals surface area contributed by atoms with Crippen LogP contribution in [0.15, 0.2) is 23.0 Å². The molecule has 18 heavy (non-hydrogen) atoms. The first-order valence-electron chi connectivity index (χ1n) is 5.75. The van der Waals surface area contributed by atoms with Gasteiger partial charge in [-0.2, -0.15) is 0 Å². The average molecular weight is 249 g/mol. The van der Waals surface area contributed by atoms with E-state index >= 15 is 0 Å². The number of imidazole rings is 1. The van der Waals surface area contributed by atoms with Gasteiger partial charge in [-0.25, -0.2) is 4.79 Å². The SMILES string of the molecule is NC(CCCC(=O)O)c1ccc2[nH]c(=O)[nH]c2c1. The molecule has 2 rings (SSSR count). The summed E-state index contributed by atoms with van der Waals surface area (Å²) in [6, 6.07) is 5.24.